The van der Waals surface area contributed by atoms with Gasteiger partial charge in [-0.25, -0.2) is 0 Å². The minimum absolute atomic E-state index is 0.691. The highest BCUT2D eigenvalue weighted by Gasteiger charge is 2.12. The highest BCUT2D eigenvalue weighted by molar-refractivity contribution is 5.32. The molecule has 2 N–H and O–H groups in total. The number of aromatic nitrogens is 2. The van der Waals surface area contributed by atoms with Crippen molar-refractivity contribution in [2.75, 3.05) is 18.4 Å². The molecule has 1 saturated heterocycles. The fraction of sp³-hybridized carbons (Fsp3) is 0.636. The van der Waals surface area contributed by atoms with Gasteiger partial charge in [0.25, 0.3) is 0 Å². The third-order valence-electron chi connectivity index (χ3n) is 2.76. The highest BCUT2D eigenvalue weighted by Crippen LogP contribution is 2.09. The van der Waals surface area contributed by atoms with E-state index in [-0.39, 0.29) is 0 Å². The number of anilines is 1. The van der Waals surface area contributed by atoms with Crippen molar-refractivity contribution in [1.29, 1.82) is 0 Å². The lowest BCUT2D eigenvalue weighted by molar-refractivity contribution is 0.574. The minimum atomic E-state index is 0.691. The van der Waals surface area contributed by atoms with Crippen LogP contribution in [0.4, 0.5) is 5.82 Å². The number of aryl methyl sites for hydroxylation is 1. The van der Waals surface area contributed by atoms with E-state index in [1.165, 1.54) is 19.4 Å². The van der Waals surface area contributed by atoms with Gasteiger partial charge >= 0.3 is 0 Å². The summed E-state index contributed by atoms with van der Waals surface area (Å²) in [4.78, 5) is 0. The summed E-state index contributed by atoms with van der Waals surface area (Å²) in [7, 11) is 0. The molecule has 0 aliphatic carbocycles. The maximum Gasteiger partial charge on any atom is 0.148 e. The molecule has 15 heavy (non-hydrogen) atoms. The van der Waals surface area contributed by atoms with Gasteiger partial charge in [-0.05, 0) is 44.9 Å². The zero-order valence-electron chi connectivity index (χ0n) is 9.16. The largest absolute Gasteiger partial charge is 0.369 e. The van der Waals surface area contributed by atoms with Crippen LogP contribution >= 0.6 is 0 Å². The Morgan fingerprint density at radius 2 is 2.40 bits per heavy atom. The molecule has 82 valence electrons. The number of nitrogens with one attached hydrogen (secondary N) is 2. The summed E-state index contributed by atoms with van der Waals surface area (Å²) < 4.78 is 0. The standard InChI is InChI=1S/C11H18N4/c1-9-4-5-11(15-14-9)13-8-6-10-3-2-7-12-10/h4-5,10,12H,2-3,6-8H2,1H3,(H,13,15)/t10-/m1/s1. The van der Waals surface area contributed by atoms with E-state index in [2.05, 4.69) is 20.8 Å². The summed E-state index contributed by atoms with van der Waals surface area (Å²) in [6, 6.07) is 4.64. The van der Waals surface area contributed by atoms with Crippen LogP contribution in [0.25, 0.3) is 0 Å². The molecule has 2 rings (SSSR count). The molecule has 0 bridgehead atoms. The van der Waals surface area contributed by atoms with E-state index >= 15 is 0 Å². The van der Waals surface area contributed by atoms with Crippen molar-refractivity contribution in [3.63, 3.8) is 0 Å². The smallest absolute Gasteiger partial charge is 0.148 e. The molecule has 4 nitrogen and oxygen atoms in total. The second-order valence-electron chi connectivity index (χ2n) is 4.07. The molecule has 1 aliphatic heterocycles. The molecule has 1 aromatic heterocycles. The van der Waals surface area contributed by atoms with Gasteiger partial charge in [-0.2, -0.15) is 5.10 Å². The third-order valence-corrected chi connectivity index (χ3v) is 2.76. The van der Waals surface area contributed by atoms with Crippen LogP contribution in [-0.4, -0.2) is 29.3 Å². The van der Waals surface area contributed by atoms with E-state index < -0.39 is 0 Å². The van der Waals surface area contributed by atoms with Crippen molar-refractivity contribution < 1.29 is 0 Å². The van der Waals surface area contributed by atoms with Crippen LogP contribution < -0.4 is 10.6 Å². The van der Waals surface area contributed by atoms with Gasteiger partial charge in [0, 0.05) is 12.6 Å². The van der Waals surface area contributed by atoms with Crippen molar-refractivity contribution in [2.45, 2.75) is 32.2 Å². The Morgan fingerprint density at radius 1 is 1.47 bits per heavy atom. The zero-order valence-corrected chi connectivity index (χ0v) is 9.16. The van der Waals surface area contributed by atoms with Crippen LogP contribution in [0.15, 0.2) is 12.1 Å². The molecule has 0 spiro atoms. The van der Waals surface area contributed by atoms with Crippen molar-refractivity contribution in [3.05, 3.63) is 17.8 Å². The molecule has 0 aromatic carbocycles. The summed E-state index contributed by atoms with van der Waals surface area (Å²) in [6.07, 6.45) is 3.78. The number of hydrogen-bond donors (Lipinski definition) is 2. The average Bonchev–Trinajstić information content (AvgIpc) is 2.74. The van der Waals surface area contributed by atoms with E-state index in [0.29, 0.717) is 6.04 Å². The Bertz CT molecular complexity index is 290. The number of rotatable bonds is 4. The first kappa shape index (κ1) is 10.4. The van der Waals surface area contributed by atoms with Crippen LogP contribution in [0.3, 0.4) is 0 Å². The van der Waals surface area contributed by atoms with Crippen LogP contribution in [0, 0.1) is 6.92 Å². The van der Waals surface area contributed by atoms with E-state index in [4.69, 9.17) is 0 Å². The van der Waals surface area contributed by atoms with E-state index in [1.54, 1.807) is 0 Å². The molecule has 0 amide bonds. The first-order valence-corrected chi connectivity index (χ1v) is 5.62. The lowest BCUT2D eigenvalue weighted by Crippen LogP contribution is -2.24. The molecular formula is C11H18N4. The second kappa shape index (κ2) is 5.07. The molecule has 0 saturated carbocycles. The van der Waals surface area contributed by atoms with Gasteiger partial charge in [-0.1, -0.05) is 0 Å². The SMILES string of the molecule is Cc1ccc(NCC[C@H]2CCCN2)nn1. The number of hydrogen-bond acceptors (Lipinski definition) is 4. The van der Waals surface area contributed by atoms with E-state index in [0.717, 1.165) is 24.5 Å². The fourth-order valence-corrected chi connectivity index (χ4v) is 1.87. The van der Waals surface area contributed by atoms with Crippen LogP contribution in [-0.2, 0) is 0 Å². The molecule has 1 atom stereocenters. The lowest BCUT2D eigenvalue weighted by Gasteiger charge is -2.10. The molecular weight excluding hydrogens is 188 g/mol. The second-order valence-corrected chi connectivity index (χ2v) is 4.07. The summed E-state index contributed by atoms with van der Waals surface area (Å²) in [5.74, 6) is 0.874. The van der Waals surface area contributed by atoms with Crippen LogP contribution in [0.2, 0.25) is 0 Å². The predicted octanol–water partition coefficient (Wildman–Crippen LogP) is 1.34. The summed E-state index contributed by atoms with van der Waals surface area (Å²) >= 11 is 0. The van der Waals surface area contributed by atoms with Crippen LogP contribution in [0.5, 0.6) is 0 Å². The molecule has 1 aromatic rings. The van der Waals surface area contributed by atoms with Gasteiger partial charge in [0.05, 0.1) is 5.69 Å². The van der Waals surface area contributed by atoms with Crippen molar-refractivity contribution >= 4 is 5.82 Å². The number of nitrogens with zero attached hydrogens (tertiary/aromatic N) is 2. The maximum atomic E-state index is 4.06. The average molecular weight is 206 g/mol. The quantitative estimate of drug-likeness (QED) is 0.780. The lowest BCUT2D eigenvalue weighted by atomic mass is 10.1. The van der Waals surface area contributed by atoms with Gasteiger partial charge in [-0.3, -0.25) is 0 Å². The Hall–Kier alpha value is -1.16. The summed E-state index contributed by atoms with van der Waals surface area (Å²) in [5, 5.41) is 14.8. The highest BCUT2D eigenvalue weighted by atomic mass is 15.2. The van der Waals surface area contributed by atoms with Gasteiger partial charge in [0.1, 0.15) is 5.82 Å². The summed E-state index contributed by atoms with van der Waals surface area (Å²) in [6.45, 7) is 4.09. The van der Waals surface area contributed by atoms with Gasteiger partial charge in [0.2, 0.25) is 0 Å². The van der Waals surface area contributed by atoms with Crippen molar-refractivity contribution in [3.8, 4) is 0 Å². The summed E-state index contributed by atoms with van der Waals surface area (Å²) in [5.41, 5.74) is 0.956. The molecule has 1 fully saturated rings. The van der Waals surface area contributed by atoms with E-state index in [1.807, 2.05) is 19.1 Å². The molecule has 2 heterocycles. The zero-order chi connectivity index (χ0) is 10.5. The minimum Gasteiger partial charge on any atom is -0.369 e. The first-order chi connectivity index (χ1) is 7.34. The Morgan fingerprint density at radius 3 is 3.07 bits per heavy atom. The van der Waals surface area contributed by atoms with Crippen molar-refractivity contribution in [2.24, 2.45) is 0 Å². The molecule has 0 unspecified atom stereocenters. The van der Waals surface area contributed by atoms with Gasteiger partial charge in [0.15, 0.2) is 0 Å². The topological polar surface area (TPSA) is 49.8 Å². The third kappa shape index (κ3) is 3.16. The molecule has 4 heteroatoms. The Kier molecular flexibility index (Phi) is 3.50. The molecule has 0 radical (unpaired) electrons. The van der Waals surface area contributed by atoms with Gasteiger partial charge in [-0.15, -0.1) is 5.10 Å². The Labute approximate surface area is 90.5 Å². The predicted molar refractivity (Wildman–Crippen MR) is 60.9 cm³/mol. The monoisotopic (exact) mass is 206 g/mol. The van der Waals surface area contributed by atoms with E-state index in [9.17, 15) is 0 Å². The fourth-order valence-electron chi connectivity index (χ4n) is 1.87. The normalized spacial score (nSPS) is 20.5. The maximum absolute atomic E-state index is 4.06. The van der Waals surface area contributed by atoms with Crippen LogP contribution in [0.1, 0.15) is 25.0 Å². The molecule has 1 aliphatic rings. The van der Waals surface area contributed by atoms with Gasteiger partial charge < -0.3 is 10.6 Å². The first-order valence-electron chi connectivity index (χ1n) is 5.62. The van der Waals surface area contributed by atoms with Crippen molar-refractivity contribution in [1.82, 2.24) is 15.5 Å². The Balaban J connectivity index is 1.71.